The van der Waals surface area contributed by atoms with Gasteiger partial charge in [-0.2, -0.15) is 0 Å². The molecule has 0 radical (unpaired) electrons. The highest BCUT2D eigenvalue weighted by molar-refractivity contribution is 9.10. The number of ether oxygens (including phenoxy) is 2. The van der Waals surface area contributed by atoms with Crippen LogP contribution in [0.1, 0.15) is 17.5 Å². The highest BCUT2D eigenvalue weighted by atomic mass is 79.9. The lowest BCUT2D eigenvalue weighted by Gasteiger charge is -2.13. The normalized spacial score (nSPS) is 10.4. The molecular weight excluding hydrogens is 420 g/mol. The van der Waals surface area contributed by atoms with Gasteiger partial charge in [-0.1, -0.05) is 34.1 Å². The lowest BCUT2D eigenvalue weighted by atomic mass is 10.1. The maximum Gasteiger partial charge on any atom is 0.224 e. The van der Waals surface area contributed by atoms with Crippen LogP contribution in [0, 0.1) is 0 Å². The quantitative estimate of drug-likeness (QED) is 0.535. The Morgan fingerprint density at radius 2 is 1.86 bits per heavy atom. The molecule has 0 fully saturated rings. The second-order valence-corrected chi connectivity index (χ2v) is 7.00. The van der Waals surface area contributed by atoms with E-state index >= 15 is 0 Å². The molecule has 0 saturated carbocycles. The molecule has 3 aromatic rings. The van der Waals surface area contributed by atoms with Gasteiger partial charge >= 0.3 is 0 Å². The van der Waals surface area contributed by atoms with Crippen molar-refractivity contribution < 1.29 is 14.3 Å². The third kappa shape index (κ3) is 5.57. The summed E-state index contributed by atoms with van der Waals surface area (Å²) in [4.78, 5) is 16.3. The summed E-state index contributed by atoms with van der Waals surface area (Å²) >= 11 is 3.51. The molecule has 0 aliphatic rings. The molecule has 0 unspecified atom stereocenters. The van der Waals surface area contributed by atoms with Crippen LogP contribution in [0.4, 0.5) is 5.69 Å². The second-order valence-electron chi connectivity index (χ2n) is 6.15. The molecule has 0 spiro atoms. The molecule has 0 aliphatic heterocycles. The van der Waals surface area contributed by atoms with E-state index in [9.17, 15) is 4.79 Å². The van der Waals surface area contributed by atoms with Crippen molar-refractivity contribution in [1.82, 2.24) is 4.98 Å². The largest absolute Gasteiger partial charge is 0.493 e. The SMILES string of the molecule is COc1ccc(NC(=O)CCc2ccccc2Br)cc1OCc1ccncc1. The number of hydrogen-bond acceptors (Lipinski definition) is 4. The van der Waals surface area contributed by atoms with Crippen LogP contribution in [0.15, 0.2) is 71.5 Å². The zero-order valence-corrected chi connectivity index (χ0v) is 17.1. The van der Waals surface area contributed by atoms with E-state index in [2.05, 4.69) is 26.2 Å². The Bertz CT molecular complexity index is 932. The Balaban J connectivity index is 1.61. The molecule has 1 heterocycles. The summed E-state index contributed by atoms with van der Waals surface area (Å²) in [5.74, 6) is 1.13. The summed E-state index contributed by atoms with van der Waals surface area (Å²) in [5.41, 5.74) is 2.77. The van der Waals surface area contributed by atoms with E-state index in [1.807, 2.05) is 36.4 Å². The fourth-order valence-corrected chi connectivity index (χ4v) is 3.16. The fourth-order valence-electron chi connectivity index (χ4n) is 2.68. The van der Waals surface area contributed by atoms with Gasteiger partial charge in [0.1, 0.15) is 6.61 Å². The first-order chi connectivity index (χ1) is 13.7. The predicted molar refractivity (Wildman–Crippen MR) is 113 cm³/mol. The third-order valence-electron chi connectivity index (χ3n) is 4.17. The molecular formula is C22H21BrN2O3. The molecule has 1 aromatic heterocycles. The average Bonchev–Trinajstić information content (AvgIpc) is 2.72. The van der Waals surface area contributed by atoms with Crippen molar-refractivity contribution in [2.45, 2.75) is 19.4 Å². The number of benzene rings is 2. The fraction of sp³-hybridized carbons (Fsp3) is 0.182. The van der Waals surface area contributed by atoms with Crippen molar-refractivity contribution in [2.75, 3.05) is 12.4 Å². The highest BCUT2D eigenvalue weighted by Gasteiger charge is 2.10. The molecule has 0 atom stereocenters. The van der Waals surface area contributed by atoms with Gasteiger partial charge in [0.05, 0.1) is 7.11 Å². The number of aromatic nitrogens is 1. The van der Waals surface area contributed by atoms with Crippen LogP contribution in [-0.2, 0) is 17.8 Å². The van der Waals surface area contributed by atoms with Crippen molar-refractivity contribution in [2.24, 2.45) is 0 Å². The molecule has 6 heteroatoms. The van der Waals surface area contributed by atoms with Gasteiger partial charge in [-0.05, 0) is 47.9 Å². The van der Waals surface area contributed by atoms with Gasteiger partial charge in [0.15, 0.2) is 11.5 Å². The number of carbonyl (C=O) groups excluding carboxylic acids is 1. The van der Waals surface area contributed by atoms with Gasteiger partial charge in [-0.15, -0.1) is 0 Å². The molecule has 1 N–H and O–H groups in total. The monoisotopic (exact) mass is 440 g/mol. The molecule has 3 rings (SSSR count). The highest BCUT2D eigenvalue weighted by Crippen LogP contribution is 2.31. The van der Waals surface area contributed by atoms with Crippen molar-refractivity contribution in [3.05, 3.63) is 82.6 Å². The number of pyridine rings is 1. The van der Waals surface area contributed by atoms with Crippen LogP contribution in [0.25, 0.3) is 0 Å². The predicted octanol–water partition coefficient (Wildman–Crippen LogP) is 5.00. The van der Waals surface area contributed by atoms with Gasteiger partial charge in [-0.25, -0.2) is 0 Å². The van der Waals surface area contributed by atoms with Gasteiger partial charge in [-0.3, -0.25) is 9.78 Å². The van der Waals surface area contributed by atoms with Crippen LogP contribution in [-0.4, -0.2) is 18.0 Å². The van der Waals surface area contributed by atoms with Crippen molar-refractivity contribution >= 4 is 27.5 Å². The molecule has 0 aliphatic carbocycles. The van der Waals surface area contributed by atoms with Crippen LogP contribution >= 0.6 is 15.9 Å². The van der Waals surface area contributed by atoms with Crippen LogP contribution in [0.3, 0.4) is 0 Å². The van der Waals surface area contributed by atoms with Crippen molar-refractivity contribution in [1.29, 1.82) is 0 Å². The topological polar surface area (TPSA) is 60.5 Å². The number of carbonyl (C=O) groups is 1. The minimum atomic E-state index is -0.0546. The molecule has 1 amide bonds. The zero-order valence-electron chi connectivity index (χ0n) is 15.5. The van der Waals surface area contributed by atoms with E-state index in [4.69, 9.17) is 9.47 Å². The maximum atomic E-state index is 12.3. The second kappa shape index (κ2) is 9.90. The van der Waals surface area contributed by atoms with E-state index in [1.165, 1.54) is 0 Å². The van der Waals surface area contributed by atoms with E-state index in [1.54, 1.807) is 37.7 Å². The number of nitrogens with zero attached hydrogens (tertiary/aromatic N) is 1. The summed E-state index contributed by atoms with van der Waals surface area (Å²) in [6.07, 6.45) is 4.49. The number of halogens is 1. The number of hydrogen-bond donors (Lipinski definition) is 1. The van der Waals surface area contributed by atoms with Crippen LogP contribution in [0.5, 0.6) is 11.5 Å². The molecule has 2 aromatic carbocycles. The zero-order chi connectivity index (χ0) is 19.8. The summed E-state index contributed by atoms with van der Waals surface area (Å²) in [6.45, 7) is 0.387. The molecule has 0 bridgehead atoms. The lowest BCUT2D eigenvalue weighted by Crippen LogP contribution is -2.12. The van der Waals surface area contributed by atoms with E-state index in [-0.39, 0.29) is 5.91 Å². The summed E-state index contributed by atoms with van der Waals surface area (Å²) in [7, 11) is 1.59. The van der Waals surface area contributed by atoms with Crippen LogP contribution in [0.2, 0.25) is 0 Å². The van der Waals surface area contributed by atoms with Crippen molar-refractivity contribution in [3.8, 4) is 11.5 Å². The first-order valence-corrected chi connectivity index (χ1v) is 9.68. The smallest absolute Gasteiger partial charge is 0.224 e. The first kappa shape index (κ1) is 19.9. The Morgan fingerprint density at radius 1 is 1.07 bits per heavy atom. The maximum absolute atomic E-state index is 12.3. The number of methoxy groups -OCH3 is 1. The van der Waals surface area contributed by atoms with Gasteiger partial charge in [0.25, 0.3) is 0 Å². The molecule has 28 heavy (non-hydrogen) atoms. The minimum Gasteiger partial charge on any atom is -0.493 e. The number of nitrogens with one attached hydrogen (secondary N) is 1. The Labute approximate surface area is 172 Å². The average molecular weight is 441 g/mol. The van der Waals surface area contributed by atoms with E-state index in [0.717, 1.165) is 15.6 Å². The molecule has 144 valence electrons. The minimum absolute atomic E-state index is 0.0546. The molecule has 5 nitrogen and oxygen atoms in total. The van der Waals surface area contributed by atoms with Crippen LogP contribution < -0.4 is 14.8 Å². The lowest BCUT2D eigenvalue weighted by molar-refractivity contribution is -0.116. The first-order valence-electron chi connectivity index (χ1n) is 8.88. The van der Waals surface area contributed by atoms with Gasteiger partial charge in [0.2, 0.25) is 5.91 Å². The Hall–Kier alpha value is -2.86. The molecule has 0 saturated heterocycles. The van der Waals surface area contributed by atoms with Crippen molar-refractivity contribution in [3.63, 3.8) is 0 Å². The van der Waals surface area contributed by atoms with Gasteiger partial charge < -0.3 is 14.8 Å². The number of rotatable bonds is 8. The summed E-state index contributed by atoms with van der Waals surface area (Å²) in [5, 5.41) is 2.92. The number of aryl methyl sites for hydroxylation is 1. The van der Waals surface area contributed by atoms with Gasteiger partial charge in [0, 0.05) is 35.0 Å². The Kier molecular flexibility index (Phi) is 7.03. The number of amides is 1. The summed E-state index contributed by atoms with van der Waals surface area (Å²) < 4.78 is 12.2. The van der Waals surface area contributed by atoms with E-state index in [0.29, 0.717) is 36.6 Å². The number of anilines is 1. The standard InChI is InChI=1S/C22H21BrN2O3/c1-27-20-8-7-18(14-21(20)28-15-16-10-12-24-13-11-16)25-22(26)9-6-17-4-2-3-5-19(17)23/h2-5,7-8,10-14H,6,9,15H2,1H3,(H,25,26). The Morgan fingerprint density at radius 3 is 2.61 bits per heavy atom. The summed E-state index contributed by atoms with van der Waals surface area (Å²) in [6, 6.07) is 17.0. The van der Waals surface area contributed by atoms with E-state index < -0.39 is 0 Å². The third-order valence-corrected chi connectivity index (χ3v) is 4.94.